The summed E-state index contributed by atoms with van der Waals surface area (Å²) in [5, 5.41) is 18.2. The van der Waals surface area contributed by atoms with E-state index in [0.29, 0.717) is 21.4 Å². The predicted octanol–water partition coefficient (Wildman–Crippen LogP) is 1.53. The van der Waals surface area contributed by atoms with Crippen LogP contribution in [0, 0.1) is 0 Å². The molecule has 0 aliphatic carbocycles. The van der Waals surface area contributed by atoms with E-state index in [-0.39, 0.29) is 11.7 Å². The number of nitrogens with zero attached hydrogens (tertiary/aromatic N) is 3. The number of hydrogen-bond donors (Lipinski definition) is 3. The maximum Gasteiger partial charge on any atom is 0.273 e. The highest BCUT2D eigenvalue weighted by Gasteiger charge is 2.12. The van der Waals surface area contributed by atoms with Gasteiger partial charge in [-0.05, 0) is 40.2 Å². The number of oxime groups is 1. The Bertz CT molecular complexity index is 680. The maximum atomic E-state index is 12.0. The van der Waals surface area contributed by atoms with E-state index in [4.69, 9.17) is 10.9 Å². The zero-order valence-electron chi connectivity index (χ0n) is 10.5. The fourth-order valence-corrected chi connectivity index (χ4v) is 2.09. The Balaban J connectivity index is 2.23. The Morgan fingerprint density at radius 3 is 2.80 bits per heavy atom. The Kier molecular flexibility index (Phi) is 4.04. The van der Waals surface area contributed by atoms with Gasteiger partial charge in [0.15, 0.2) is 5.84 Å². The lowest BCUT2D eigenvalue weighted by atomic mass is 10.2. The highest BCUT2D eigenvalue weighted by atomic mass is 79.9. The molecule has 0 fully saturated rings. The van der Waals surface area contributed by atoms with Crippen LogP contribution in [0.4, 0.5) is 5.69 Å². The number of amidine groups is 1. The van der Waals surface area contributed by atoms with Crippen molar-refractivity contribution in [3.8, 4) is 0 Å². The number of carbonyl (C=O) groups excluding carboxylic acids is 1. The van der Waals surface area contributed by atoms with Gasteiger partial charge in [0.2, 0.25) is 0 Å². The molecule has 20 heavy (non-hydrogen) atoms. The highest BCUT2D eigenvalue weighted by molar-refractivity contribution is 9.10. The van der Waals surface area contributed by atoms with Crippen molar-refractivity contribution >= 4 is 33.4 Å². The summed E-state index contributed by atoms with van der Waals surface area (Å²) in [6.45, 7) is 0. The van der Waals surface area contributed by atoms with E-state index in [2.05, 4.69) is 31.5 Å². The summed E-state index contributed by atoms with van der Waals surface area (Å²) >= 11 is 3.33. The number of amides is 1. The third-order valence-electron chi connectivity index (χ3n) is 2.67. The monoisotopic (exact) mass is 337 g/mol. The Hall–Kier alpha value is -2.35. The van der Waals surface area contributed by atoms with E-state index >= 15 is 0 Å². The lowest BCUT2D eigenvalue weighted by Crippen LogP contribution is -2.17. The SMILES string of the molecule is Cn1nccc1C(=O)Nc1ccc(/C(N)=N/O)cc1Br. The van der Waals surface area contributed by atoms with E-state index in [0.717, 1.165) is 0 Å². The molecule has 7 nitrogen and oxygen atoms in total. The van der Waals surface area contributed by atoms with Crippen molar-refractivity contribution in [2.45, 2.75) is 0 Å². The number of nitrogens with two attached hydrogens (primary N) is 1. The summed E-state index contributed by atoms with van der Waals surface area (Å²) in [6.07, 6.45) is 1.55. The second kappa shape index (κ2) is 5.74. The fourth-order valence-electron chi connectivity index (χ4n) is 1.62. The smallest absolute Gasteiger partial charge is 0.273 e. The summed E-state index contributed by atoms with van der Waals surface area (Å²) in [5.41, 5.74) is 7.05. The number of nitrogens with one attached hydrogen (secondary N) is 1. The number of rotatable bonds is 3. The molecule has 1 amide bonds. The minimum atomic E-state index is -0.276. The zero-order valence-corrected chi connectivity index (χ0v) is 12.1. The first kappa shape index (κ1) is 14.1. The molecular weight excluding hydrogens is 326 g/mol. The van der Waals surface area contributed by atoms with Crippen LogP contribution < -0.4 is 11.1 Å². The third kappa shape index (κ3) is 2.80. The molecule has 0 saturated carbocycles. The number of aromatic nitrogens is 2. The first-order valence-electron chi connectivity index (χ1n) is 5.59. The van der Waals surface area contributed by atoms with E-state index in [1.807, 2.05) is 0 Å². The average Bonchev–Trinajstić information content (AvgIpc) is 2.86. The van der Waals surface area contributed by atoms with Crippen LogP contribution in [0.3, 0.4) is 0 Å². The van der Waals surface area contributed by atoms with Gasteiger partial charge in [0, 0.05) is 23.3 Å². The molecule has 1 aromatic carbocycles. The van der Waals surface area contributed by atoms with E-state index in [9.17, 15) is 4.79 Å². The van der Waals surface area contributed by atoms with Gasteiger partial charge in [-0.3, -0.25) is 9.48 Å². The molecule has 104 valence electrons. The van der Waals surface area contributed by atoms with Crippen molar-refractivity contribution in [1.82, 2.24) is 9.78 Å². The van der Waals surface area contributed by atoms with Crippen molar-refractivity contribution in [2.24, 2.45) is 17.9 Å². The maximum absolute atomic E-state index is 12.0. The van der Waals surface area contributed by atoms with Crippen molar-refractivity contribution in [3.05, 3.63) is 46.2 Å². The number of aryl methyl sites for hydroxylation is 1. The van der Waals surface area contributed by atoms with Crippen LogP contribution in [0.5, 0.6) is 0 Å². The van der Waals surface area contributed by atoms with Crippen LogP contribution >= 0.6 is 15.9 Å². The molecule has 0 radical (unpaired) electrons. The van der Waals surface area contributed by atoms with Crippen LogP contribution in [0.1, 0.15) is 16.1 Å². The highest BCUT2D eigenvalue weighted by Crippen LogP contribution is 2.24. The molecule has 0 saturated heterocycles. The van der Waals surface area contributed by atoms with Crippen molar-refractivity contribution in [1.29, 1.82) is 0 Å². The summed E-state index contributed by atoms with van der Waals surface area (Å²) in [7, 11) is 1.69. The molecule has 1 aromatic heterocycles. The number of benzene rings is 1. The average molecular weight is 338 g/mol. The molecule has 0 unspecified atom stereocenters. The van der Waals surface area contributed by atoms with Gasteiger partial charge in [0.1, 0.15) is 5.69 Å². The number of halogens is 1. The summed E-state index contributed by atoms with van der Waals surface area (Å²) < 4.78 is 2.10. The first-order chi connectivity index (χ1) is 9.52. The molecular formula is C12H12BrN5O2. The molecule has 4 N–H and O–H groups in total. The van der Waals surface area contributed by atoms with Gasteiger partial charge in [-0.1, -0.05) is 5.16 Å². The topological polar surface area (TPSA) is 106 Å². The summed E-state index contributed by atoms with van der Waals surface area (Å²) in [4.78, 5) is 12.0. The van der Waals surface area contributed by atoms with Gasteiger partial charge in [-0.2, -0.15) is 5.10 Å². The van der Waals surface area contributed by atoms with Crippen LogP contribution in [0.2, 0.25) is 0 Å². The van der Waals surface area contributed by atoms with Crippen LogP contribution in [-0.4, -0.2) is 26.7 Å². The van der Waals surface area contributed by atoms with E-state index in [1.54, 1.807) is 37.5 Å². The molecule has 0 atom stereocenters. The first-order valence-corrected chi connectivity index (χ1v) is 6.39. The second-order valence-electron chi connectivity index (χ2n) is 3.97. The minimum Gasteiger partial charge on any atom is -0.409 e. The molecule has 0 spiro atoms. The second-order valence-corrected chi connectivity index (χ2v) is 4.83. The molecule has 0 aliphatic heterocycles. The van der Waals surface area contributed by atoms with Crippen LogP contribution in [0.15, 0.2) is 40.1 Å². The van der Waals surface area contributed by atoms with Gasteiger partial charge >= 0.3 is 0 Å². The predicted molar refractivity (Wildman–Crippen MR) is 77.8 cm³/mol. The van der Waals surface area contributed by atoms with Crippen molar-refractivity contribution < 1.29 is 10.0 Å². The molecule has 8 heteroatoms. The van der Waals surface area contributed by atoms with Gasteiger partial charge in [-0.15, -0.1) is 0 Å². The minimum absolute atomic E-state index is 0.00443. The van der Waals surface area contributed by atoms with Crippen LogP contribution in [0.25, 0.3) is 0 Å². The quantitative estimate of drug-likeness (QED) is 0.341. The number of anilines is 1. The van der Waals surface area contributed by atoms with Gasteiger partial charge in [-0.25, -0.2) is 0 Å². The molecule has 1 heterocycles. The van der Waals surface area contributed by atoms with Gasteiger partial charge < -0.3 is 16.3 Å². The zero-order chi connectivity index (χ0) is 14.7. The summed E-state index contributed by atoms with van der Waals surface area (Å²) in [6, 6.07) is 6.56. The van der Waals surface area contributed by atoms with Crippen LogP contribution in [-0.2, 0) is 7.05 Å². The number of hydrogen-bond acceptors (Lipinski definition) is 4. The normalized spacial score (nSPS) is 11.4. The molecule has 2 rings (SSSR count). The molecule has 2 aromatic rings. The largest absolute Gasteiger partial charge is 0.409 e. The van der Waals surface area contributed by atoms with E-state index in [1.165, 1.54) is 4.68 Å². The van der Waals surface area contributed by atoms with Gasteiger partial charge in [0.05, 0.1) is 5.69 Å². The van der Waals surface area contributed by atoms with Crippen molar-refractivity contribution in [2.75, 3.05) is 5.32 Å². The Morgan fingerprint density at radius 2 is 2.25 bits per heavy atom. The van der Waals surface area contributed by atoms with E-state index < -0.39 is 0 Å². The molecule has 0 bridgehead atoms. The molecule has 0 aliphatic rings. The lowest BCUT2D eigenvalue weighted by Gasteiger charge is -2.09. The Morgan fingerprint density at radius 1 is 1.50 bits per heavy atom. The standard InChI is InChI=1S/C12H12BrN5O2/c1-18-10(4-5-15-18)12(19)16-9-3-2-7(6-8(9)13)11(14)17-20/h2-6,20H,1H3,(H2,14,17)(H,16,19). The van der Waals surface area contributed by atoms with Gasteiger partial charge in [0.25, 0.3) is 5.91 Å². The van der Waals surface area contributed by atoms with Crippen molar-refractivity contribution in [3.63, 3.8) is 0 Å². The third-order valence-corrected chi connectivity index (χ3v) is 3.33. The fraction of sp³-hybridized carbons (Fsp3) is 0.0833. The number of carbonyl (C=O) groups is 1. The lowest BCUT2D eigenvalue weighted by molar-refractivity contribution is 0.101. The Labute approximate surface area is 123 Å². The summed E-state index contributed by atoms with van der Waals surface area (Å²) in [5.74, 6) is -0.280.